The molecule has 3 amide bonds. The number of imide groups is 1. The fourth-order valence-electron chi connectivity index (χ4n) is 3.57. The number of aromatic nitrogens is 1. The van der Waals surface area contributed by atoms with Crippen molar-refractivity contribution in [3.8, 4) is 17.6 Å². The van der Waals surface area contributed by atoms with Crippen LogP contribution in [0.3, 0.4) is 0 Å². The Kier molecular flexibility index (Phi) is 8.35. The molecule has 0 saturated carbocycles. The standard InChI is InChI=1S/C25H25F3N4O7S/c1-24(2,3)18-13-17(31-11-10-20(33)30-23(31)35)12-16(21(18)38-4)8-6-15-7-9-19(29-14-15)32(40(5,36)37)39-22(34)25(26,27)28/h7,9,12-14H,10-11H2,1-5H3,(H,30,33,35). The number of halogens is 3. The van der Waals surface area contributed by atoms with E-state index in [9.17, 15) is 36.0 Å². The molecule has 1 aliphatic rings. The monoisotopic (exact) mass is 582 g/mol. The van der Waals surface area contributed by atoms with Gasteiger partial charge in [-0.2, -0.15) is 13.2 Å². The number of urea groups is 1. The summed E-state index contributed by atoms with van der Waals surface area (Å²) in [6, 6.07) is 5.08. The molecular formula is C25H25F3N4O7S. The van der Waals surface area contributed by atoms with Gasteiger partial charge in [0.25, 0.3) is 10.0 Å². The molecule has 214 valence electrons. The van der Waals surface area contributed by atoms with Crippen LogP contribution in [-0.4, -0.2) is 57.4 Å². The molecule has 2 heterocycles. The number of anilines is 2. The van der Waals surface area contributed by atoms with Crippen molar-refractivity contribution in [1.82, 2.24) is 10.3 Å². The van der Waals surface area contributed by atoms with Gasteiger partial charge < -0.3 is 9.57 Å². The summed E-state index contributed by atoms with van der Waals surface area (Å²) in [4.78, 5) is 44.5. The van der Waals surface area contributed by atoms with Crippen molar-refractivity contribution in [2.45, 2.75) is 38.8 Å². The van der Waals surface area contributed by atoms with E-state index in [1.54, 1.807) is 12.1 Å². The van der Waals surface area contributed by atoms with Gasteiger partial charge >= 0.3 is 18.2 Å². The number of methoxy groups -OCH3 is 1. The zero-order chi connectivity index (χ0) is 30.0. The topological polar surface area (TPSA) is 135 Å². The van der Waals surface area contributed by atoms with Crippen LogP contribution in [0.4, 0.5) is 29.5 Å². The Hall–Kier alpha value is -4.32. The summed E-state index contributed by atoms with van der Waals surface area (Å²) in [6.45, 7) is 5.98. The van der Waals surface area contributed by atoms with Gasteiger partial charge in [-0.1, -0.05) is 37.1 Å². The Morgan fingerprint density at radius 1 is 1.15 bits per heavy atom. The second kappa shape index (κ2) is 11.0. The van der Waals surface area contributed by atoms with E-state index in [2.05, 4.69) is 27.0 Å². The van der Waals surface area contributed by atoms with Crippen molar-refractivity contribution in [1.29, 1.82) is 0 Å². The number of hydrogen-bond acceptors (Lipinski definition) is 8. The Balaban J connectivity index is 2.02. The maximum Gasteiger partial charge on any atom is 0.493 e. The number of rotatable bonds is 5. The number of nitrogens with one attached hydrogen (secondary N) is 1. The number of amides is 3. The zero-order valence-corrected chi connectivity index (χ0v) is 22.9. The van der Waals surface area contributed by atoms with Crippen molar-refractivity contribution in [2.75, 3.05) is 29.3 Å². The Labute approximate surface area is 228 Å². The van der Waals surface area contributed by atoms with Crippen LogP contribution < -0.4 is 19.4 Å². The van der Waals surface area contributed by atoms with Crippen LogP contribution in [-0.2, 0) is 29.9 Å². The summed E-state index contributed by atoms with van der Waals surface area (Å²) in [5.41, 5.74) is 1.38. The van der Waals surface area contributed by atoms with Gasteiger partial charge in [-0.3, -0.25) is 15.0 Å². The lowest BCUT2D eigenvalue weighted by molar-refractivity contribution is -0.199. The Morgan fingerprint density at radius 3 is 2.33 bits per heavy atom. The number of carbonyl (C=O) groups excluding carboxylic acids is 3. The molecule has 0 aliphatic carbocycles. The SMILES string of the molecule is COc1c(C#Cc2ccc(N(OC(=O)C(F)(F)F)S(C)(=O)=O)nc2)cc(N2CCC(=O)NC2=O)cc1C(C)(C)C. The van der Waals surface area contributed by atoms with Gasteiger partial charge in [0, 0.05) is 36.0 Å². The second-order valence-electron chi connectivity index (χ2n) is 9.60. The van der Waals surface area contributed by atoms with Crippen LogP contribution in [0.2, 0.25) is 0 Å². The van der Waals surface area contributed by atoms with E-state index in [0.29, 0.717) is 23.3 Å². The first-order valence-corrected chi connectivity index (χ1v) is 13.4. The van der Waals surface area contributed by atoms with Crippen molar-refractivity contribution in [3.63, 3.8) is 0 Å². The summed E-state index contributed by atoms with van der Waals surface area (Å²) >= 11 is 0. The summed E-state index contributed by atoms with van der Waals surface area (Å²) < 4.78 is 67.0. The number of carbonyl (C=O) groups is 3. The molecule has 0 bridgehead atoms. The molecule has 0 atom stereocenters. The van der Waals surface area contributed by atoms with Crippen LogP contribution in [0, 0.1) is 11.8 Å². The minimum absolute atomic E-state index is 0.116. The molecule has 1 aromatic carbocycles. The first-order valence-electron chi connectivity index (χ1n) is 11.5. The highest BCUT2D eigenvalue weighted by Crippen LogP contribution is 2.38. The van der Waals surface area contributed by atoms with Gasteiger partial charge in [0.1, 0.15) is 5.75 Å². The third kappa shape index (κ3) is 7.00. The van der Waals surface area contributed by atoms with E-state index >= 15 is 0 Å². The van der Waals surface area contributed by atoms with Crippen LogP contribution in [0.25, 0.3) is 0 Å². The fraction of sp³-hybridized carbons (Fsp3) is 0.360. The van der Waals surface area contributed by atoms with E-state index in [-0.39, 0.29) is 28.9 Å². The largest absolute Gasteiger partial charge is 0.495 e. The van der Waals surface area contributed by atoms with Crippen LogP contribution in [0.1, 0.15) is 43.9 Å². The molecule has 1 aliphatic heterocycles. The van der Waals surface area contributed by atoms with Crippen molar-refractivity contribution in [2.24, 2.45) is 0 Å². The molecule has 0 spiro atoms. The van der Waals surface area contributed by atoms with E-state index in [1.165, 1.54) is 18.1 Å². The summed E-state index contributed by atoms with van der Waals surface area (Å²) in [5.74, 6) is 2.44. The molecule has 0 radical (unpaired) electrons. The molecule has 40 heavy (non-hydrogen) atoms. The number of benzene rings is 1. The lowest BCUT2D eigenvalue weighted by Gasteiger charge is -2.30. The molecular weight excluding hydrogens is 557 g/mol. The molecule has 3 rings (SSSR count). The molecule has 15 heteroatoms. The van der Waals surface area contributed by atoms with Crippen LogP contribution in [0.5, 0.6) is 5.75 Å². The van der Waals surface area contributed by atoms with Gasteiger partial charge in [-0.15, -0.1) is 0 Å². The zero-order valence-electron chi connectivity index (χ0n) is 22.0. The fourth-order valence-corrected chi connectivity index (χ4v) is 4.22. The van der Waals surface area contributed by atoms with Crippen molar-refractivity contribution in [3.05, 3.63) is 47.2 Å². The summed E-state index contributed by atoms with van der Waals surface area (Å²) in [5, 5.41) is 2.27. The third-order valence-corrected chi connectivity index (χ3v) is 6.29. The first kappa shape index (κ1) is 30.2. The number of sulfonamides is 1. The maximum atomic E-state index is 12.6. The van der Waals surface area contributed by atoms with Gasteiger partial charge in [0.15, 0.2) is 5.82 Å². The summed E-state index contributed by atoms with van der Waals surface area (Å²) in [6.07, 6.45) is -3.70. The van der Waals surface area contributed by atoms with Gasteiger partial charge in [-0.25, -0.2) is 23.0 Å². The highest BCUT2D eigenvalue weighted by atomic mass is 32.2. The number of alkyl halides is 3. The Morgan fingerprint density at radius 2 is 1.82 bits per heavy atom. The maximum absolute atomic E-state index is 12.6. The van der Waals surface area contributed by atoms with Crippen molar-refractivity contribution < 1.29 is 45.5 Å². The molecule has 1 fully saturated rings. The van der Waals surface area contributed by atoms with E-state index in [0.717, 1.165) is 17.8 Å². The average Bonchev–Trinajstić information content (AvgIpc) is 2.84. The van der Waals surface area contributed by atoms with Gasteiger partial charge in [0.05, 0.1) is 18.9 Å². The molecule has 1 N–H and O–H groups in total. The van der Waals surface area contributed by atoms with E-state index < -0.39 is 39.4 Å². The number of nitrogens with zero attached hydrogens (tertiary/aromatic N) is 3. The number of pyridine rings is 1. The Bertz CT molecular complexity index is 1510. The minimum Gasteiger partial charge on any atom is -0.495 e. The normalized spacial score (nSPS) is 14.2. The van der Waals surface area contributed by atoms with E-state index in [4.69, 9.17) is 4.74 Å². The molecule has 11 nitrogen and oxygen atoms in total. The summed E-state index contributed by atoms with van der Waals surface area (Å²) in [7, 11) is -3.02. The van der Waals surface area contributed by atoms with Crippen LogP contribution >= 0.6 is 0 Å². The lowest BCUT2D eigenvalue weighted by Crippen LogP contribution is -2.49. The predicted octanol–water partition coefficient (Wildman–Crippen LogP) is 3.02. The molecule has 1 saturated heterocycles. The quantitative estimate of drug-likeness (QED) is 0.420. The van der Waals surface area contributed by atoms with Crippen LogP contribution in [0.15, 0.2) is 30.5 Å². The highest BCUT2D eigenvalue weighted by molar-refractivity contribution is 7.91. The third-order valence-electron chi connectivity index (χ3n) is 5.43. The second-order valence-corrected chi connectivity index (χ2v) is 11.4. The smallest absolute Gasteiger partial charge is 0.493 e. The molecule has 0 unspecified atom stereocenters. The first-order chi connectivity index (χ1) is 18.4. The number of ether oxygens (including phenoxy) is 1. The van der Waals surface area contributed by atoms with E-state index in [1.807, 2.05) is 20.8 Å². The molecule has 2 aromatic rings. The number of hydrogen-bond donors (Lipinski definition) is 1. The van der Waals surface area contributed by atoms with Gasteiger partial charge in [-0.05, 0) is 29.7 Å². The van der Waals surface area contributed by atoms with Gasteiger partial charge in [0.2, 0.25) is 5.91 Å². The predicted molar refractivity (Wildman–Crippen MR) is 137 cm³/mol. The highest BCUT2D eigenvalue weighted by Gasteiger charge is 2.44. The average molecular weight is 583 g/mol. The van der Waals surface area contributed by atoms with Crippen molar-refractivity contribution >= 4 is 39.4 Å². The molecule has 1 aromatic heterocycles. The minimum atomic E-state index is -5.43. The lowest BCUT2D eigenvalue weighted by atomic mass is 9.84.